The van der Waals surface area contributed by atoms with Crippen molar-refractivity contribution in [2.24, 2.45) is 0 Å². The second-order valence-electron chi connectivity index (χ2n) is 6.24. The third-order valence-corrected chi connectivity index (χ3v) is 5.79. The van der Waals surface area contributed by atoms with Crippen molar-refractivity contribution in [3.8, 4) is 0 Å². The van der Waals surface area contributed by atoms with Crippen molar-refractivity contribution in [2.75, 3.05) is 31.9 Å². The lowest BCUT2D eigenvalue weighted by molar-refractivity contribution is -0.135. The first-order valence-electron chi connectivity index (χ1n) is 8.34. The van der Waals surface area contributed by atoms with Crippen molar-refractivity contribution in [1.29, 1.82) is 0 Å². The van der Waals surface area contributed by atoms with Gasteiger partial charge in [-0.25, -0.2) is 0 Å². The summed E-state index contributed by atoms with van der Waals surface area (Å²) in [6.07, 6.45) is 7.55. The van der Waals surface area contributed by atoms with Crippen LogP contribution >= 0.6 is 11.8 Å². The van der Waals surface area contributed by atoms with Gasteiger partial charge in [0.2, 0.25) is 5.91 Å². The fourth-order valence-corrected chi connectivity index (χ4v) is 4.57. The predicted octanol–water partition coefficient (Wildman–Crippen LogP) is 3.00. The molecule has 2 aliphatic rings. The Balaban J connectivity index is 1.85. The molecule has 2 atom stereocenters. The number of carbonyl (C=O) groups is 1. The van der Waals surface area contributed by atoms with E-state index in [1.165, 1.54) is 44.3 Å². The van der Waals surface area contributed by atoms with Gasteiger partial charge < -0.3 is 4.90 Å². The highest BCUT2D eigenvalue weighted by molar-refractivity contribution is 7.99. The minimum absolute atomic E-state index is 0.361. The zero-order chi connectivity index (χ0) is 14.4. The number of thioether (sulfide) groups is 1. The Morgan fingerprint density at radius 3 is 2.65 bits per heavy atom. The highest BCUT2D eigenvalue weighted by Gasteiger charge is 2.26. The normalized spacial score (nSPS) is 29.2. The summed E-state index contributed by atoms with van der Waals surface area (Å²) in [6.45, 7) is 8.27. The standard InChI is InChI=1S/C16H30N2OS/c1-3-20-15-9-5-6-10-17(12-15)13-16(19)18-11-7-4-8-14(18)2/h14-15H,3-13H2,1-2H3. The molecular formula is C16H30N2OS. The molecule has 0 saturated carbocycles. The van der Waals surface area contributed by atoms with Crippen LogP contribution in [0, 0.1) is 0 Å². The molecule has 20 heavy (non-hydrogen) atoms. The summed E-state index contributed by atoms with van der Waals surface area (Å²) in [5.74, 6) is 1.55. The molecule has 0 N–H and O–H groups in total. The molecule has 4 heteroatoms. The Morgan fingerprint density at radius 1 is 1.15 bits per heavy atom. The van der Waals surface area contributed by atoms with Crippen molar-refractivity contribution < 1.29 is 4.79 Å². The first-order chi connectivity index (χ1) is 9.70. The van der Waals surface area contributed by atoms with Crippen LogP contribution in [-0.4, -0.2) is 58.9 Å². The van der Waals surface area contributed by atoms with Crippen LogP contribution in [0.15, 0.2) is 0 Å². The first-order valence-corrected chi connectivity index (χ1v) is 9.39. The Hall–Kier alpha value is -0.220. The maximum atomic E-state index is 12.5. The van der Waals surface area contributed by atoms with Crippen molar-refractivity contribution in [3.05, 3.63) is 0 Å². The quantitative estimate of drug-likeness (QED) is 0.797. The highest BCUT2D eigenvalue weighted by atomic mass is 32.2. The van der Waals surface area contributed by atoms with E-state index in [4.69, 9.17) is 0 Å². The van der Waals surface area contributed by atoms with E-state index in [1.54, 1.807) is 0 Å². The van der Waals surface area contributed by atoms with Gasteiger partial charge in [-0.15, -0.1) is 0 Å². The zero-order valence-electron chi connectivity index (χ0n) is 13.1. The third-order valence-electron chi connectivity index (χ3n) is 4.60. The van der Waals surface area contributed by atoms with E-state index < -0.39 is 0 Å². The summed E-state index contributed by atoms with van der Waals surface area (Å²) in [5, 5.41) is 0.731. The number of carbonyl (C=O) groups excluding carboxylic acids is 1. The number of rotatable bonds is 4. The molecule has 0 aromatic rings. The zero-order valence-corrected chi connectivity index (χ0v) is 14.0. The molecule has 2 fully saturated rings. The monoisotopic (exact) mass is 298 g/mol. The third kappa shape index (κ3) is 4.66. The molecule has 2 heterocycles. The van der Waals surface area contributed by atoms with Crippen molar-refractivity contribution in [1.82, 2.24) is 9.80 Å². The largest absolute Gasteiger partial charge is 0.339 e. The lowest BCUT2D eigenvalue weighted by Crippen LogP contribution is -2.47. The Labute approximate surface area is 128 Å². The predicted molar refractivity (Wildman–Crippen MR) is 87.2 cm³/mol. The van der Waals surface area contributed by atoms with Gasteiger partial charge in [-0.05, 0) is 51.3 Å². The molecule has 0 aliphatic carbocycles. The average molecular weight is 298 g/mol. The number of amides is 1. The molecule has 1 amide bonds. The van der Waals surface area contributed by atoms with E-state index in [2.05, 4.69) is 35.4 Å². The van der Waals surface area contributed by atoms with Crippen LogP contribution in [0.25, 0.3) is 0 Å². The average Bonchev–Trinajstić information content (AvgIpc) is 2.65. The summed E-state index contributed by atoms with van der Waals surface area (Å²) >= 11 is 2.07. The summed E-state index contributed by atoms with van der Waals surface area (Å²) in [5.41, 5.74) is 0. The Morgan fingerprint density at radius 2 is 1.90 bits per heavy atom. The number of likely N-dealkylation sites (tertiary alicyclic amines) is 2. The lowest BCUT2D eigenvalue weighted by Gasteiger charge is -2.35. The fourth-order valence-electron chi connectivity index (χ4n) is 3.44. The van der Waals surface area contributed by atoms with E-state index >= 15 is 0 Å². The summed E-state index contributed by atoms with van der Waals surface area (Å²) in [7, 11) is 0. The molecule has 2 saturated heterocycles. The maximum Gasteiger partial charge on any atom is 0.236 e. The van der Waals surface area contributed by atoms with E-state index in [0.717, 1.165) is 24.9 Å². The van der Waals surface area contributed by atoms with Gasteiger partial charge in [0.05, 0.1) is 6.54 Å². The van der Waals surface area contributed by atoms with E-state index in [-0.39, 0.29) is 0 Å². The molecule has 0 aromatic heterocycles. The van der Waals surface area contributed by atoms with Crippen LogP contribution in [-0.2, 0) is 4.79 Å². The number of nitrogens with zero attached hydrogens (tertiary/aromatic N) is 2. The van der Waals surface area contributed by atoms with Gasteiger partial charge in [0.15, 0.2) is 0 Å². The second kappa shape index (κ2) is 8.28. The number of hydrogen-bond acceptors (Lipinski definition) is 3. The second-order valence-corrected chi connectivity index (χ2v) is 7.82. The van der Waals surface area contributed by atoms with Gasteiger partial charge in [-0.3, -0.25) is 9.69 Å². The lowest BCUT2D eigenvalue weighted by atomic mass is 10.0. The van der Waals surface area contributed by atoms with Crippen LogP contribution < -0.4 is 0 Å². The SMILES string of the molecule is CCSC1CCCCN(CC(=O)N2CCCCC2C)C1. The summed E-state index contributed by atoms with van der Waals surface area (Å²) in [6, 6.07) is 0.448. The molecule has 2 unspecified atom stereocenters. The van der Waals surface area contributed by atoms with Crippen LogP contribution in [0.4, 0.5) is 0 Å². The van der Waals surface area contributed by atoms with Gasteiger partial charge in [-0.2, -0.15) is 11.8 Å². The first kappa shape index (κ1) is 16.2. The van der Waals surface area contributed by atoms with Gasteiger partial charge in [0.1, 0.15) is 0 Å². The van der Waals surface area contributed by atoms with Gasteiger partial charge >= 0.3 is 0 Å². The number of hydrogen-bond donors (Lipinski definition) is 0. The van der Waals surface area contributed by atoms with E-state index in [1.807, 2.05) is 0 Å². The summed E-state index contributed by atoms with van der Waals surface area (Å²) in [4.78, 5) is 17.1. The van der Waals surface area contributed by atoms with Crippen LogP contribution in [0.5, 0.6) is 0 Å². The van der Waals surface area contributed by atoms with Gasteiger partial charge in [0.25, 0.3) is 0 Å². The van der Waals surface area contributed by atoms with Crippen molar-refractivity contribution >= 4 is 17.7 Å². The van der Waals surface area contributed by atoms with Crippen LogP contribution in [0.1, 0.15) is 52.4 Å². The molecule has 116 valence electrons. The number of piperidine rings is 1. The molecular weight excluding hydrogens is 268 g/mol. The van der Waals surface area contributed by atoms with Crippen molar-refractivity contribution in [3.63, 3.8) is 0 Å². The van der Waals surface area contributed by atoms with Gasteiger partial charge in [0, 0.05) is 24.4 Å². The van der Waals surface area contributed by atoms with Crippen LogP contribution in [0.3, 0.4) is 0 Å². The summed E-state index contributed by atoms with van der Waals surface area (Å²) < 4.78 is 0. The minimum atomic E-state index is 0.361. The van der Waals surface area contributed by atoms with E-state index in [9.17, 15) is 4.79 Å². The highest BCUT2D eigenvalue weighted by Crippen LogP contribution is 2.22. The van der Waals surface area contributed by atoms with E-state index in [0.29, 0.717) is 18.5 Å². The topological polar surface area (TPSA) is 23.6 Å². The van der Waals surface area contributed by atoms with Crippen LogP contribution in [0.2, 0.25) is 0 Å². The smallest absolute Gasteiger partial charge is 0.236 e. The molecule has 0 aromatic carbocycles. The van der Waals surface area contributed by atoms with Gasteiger partial charge in [-0.1, -0.05) is 13.3 Å². The molecule has 0 spiro atoms. The maximum absolute atomic E-state index is 12.5. The molecule has 2 rings (SSSR count). The molecule has 2 aliphatic heterocycles. The molecule has 3 nitrogen and oxygen atoms in total. The molecule has 0 bridgehead atoms. The Bertz CT molecular complexity index is 311. The Kier molecular flexibility index (Phi) is 6.69. The van der Waals surface area contributed by atoms with Crippen molar-refractivity contribution in [2.45, 2.75) is 63.7 Å². The molecule has 0 radical (unpaired) electrons. The fraction of sp³-hybridized carbons (Fsp3) is 0.938. The minimum Gasteiger partial charge on any atom is -0.339 e.